The van der Waals surface area contributed by atoms with Crippen molar-refractivity contribution in [3.63, 3.8) is 0 Å². The van der Waals surface area contributed by atoms with Crippen LogP contribution in [-0.2, 0) is 0 Å². The van der Waals surface area contributed by atoms with Gasteiger partial charge in [-0.1, -0.05) is 32.0 Å². The standard InChI is InChI=1S/C16H18N2O2/c1-10(2)12-5-3-4-6-15(12)20-11-7-8-14(17)13(9-11)16(18)19/h3-10H,17H2,1-2H3,(H2,18,19). The lowest BCUT2D eigenvalue weighted by atomic mass is 10.0. The van der Waals surface area contributed by atoms with Crippen LogP contribution < -0.4 is 16.2 Å². The second-order valence-electron chi connectivity index (χ2n) is 4.91. The lowest BCUT2D eigenvalue weighted by molar-refractivity contribution is 0.100. The molecule has 2 rings (SSSR count). The monoisotopic (exact) mass is 270 g/mol. The van der Waals surface area contributed by atoms with E-state index in [0.29, 0.717) is 17.4 Å². The van der Waals surface area contributed by atoms with Gasteiger partial charge in [-0.25, -0.2) is 0 Å². The summed E-state index contributed by atoms with van der Waals surface area (Å²) in [6, 6.07) is 12.7. The predicted molar refractivity (Wildman–Crippen MR) is 80.0 cm³/mol. The fourth-order valence-electron chi connectivity index (χ4n) is 1.99. The Morgan fingerprint density at radius 3 is 2.50 bits per heavy atom. The molecule has 2 aromatic rings. The highest BCUT2D eigenvalue weighted by molar-refractivity contribution is 5.98. The van der Waals surface area contributed by atoms with Crippen LogP contribution in [0.15, 0.2) is 42.5 Å². The molecule has 4 heteroatoms. The van der Waals surface area contributed by atoms with Gasteiger partial charge in [-0.3, -0.25) is 4.79 Å². The second-order valence-corrected chi connectivity index (χ2v) is 4.91. The van der Waals surface area contributed by atoms with Crippen molar-refractivity contribution in [1.82, 2.24) is 0 Å². The van der Waals surface area contributed by atoms with Crippen molar-refractivity contribution >= 4 is 11.6 Å². The molecule has 0 aliphatic carbocycles. The minimum absolute atomic E-state index is 0.268. The Kier molecular flexibility index (Phi) is 3.94. The summed E-state index contributed by atoms with van der Waals surface area (Å²) in [4.78, 5) is 11.3. The molecule has 0 saturated heterocycles. The molecule has 104 valence electrons. The number of hydrogen-bond donors (Lipinski definition) is 2. The van der Waals surface area contributed by atoms with E-state index in [4.69, 9.17) is 16.2 Å². The molecule has 0 saturated carbocycles. The number of para-hydroxylation sites is 1. The molecule has 0 bridgehead atoms. The van der Waals surface area contributed by atoms with E-state index in [1.165, 1.54) is 0 Å². The molecule has 0 heterocycles. The highest BCUT2D eigenvalue weighted by atomic mass is 16.5. The van der Waals surface area contributed by atoms with Gasteiger partial charge in [0.1, 0.15) is 11.5 Å². The molecule has 0 aromatic heterocycles. The van der Waals surface area contributed by atoms with Gasteiger partial charge in [0.05, 0.1) is 5.56 Å². The SMILES string of the molecule is CC(C)c1ccccc1Oc1ccc(N)c(C(N)=O)c1. The Labute approximate surface area is 118 Å². The molecule has 1 amide bonds. The Morgan fingerprint density at radius 2 is 1.85 bits per heavy atom. The molecular weight excluding hydrogens is 252 g/mol. The van der Waals surface area contributed by atoms with E-state index in [1.807, 2.05) is 24.3 Å². The summed E-state index contributed by atoms with van der Waals surface area (Å²) in [7, 11) is 0. The number of anilines is 1. The molecule has 0 spiro atoms. The largest absolute Gasteiger partial charge is 0.457 e. The molecule has 0 aliphatic heterocycles. The van der Waals surface area contributed by atoms with Crippen LogP contribution in [0.25, 0.3) is 0 Å². The maximum atomic E-state index is 11.3. The fourth-order valence-corrected chi connectivity index (χ4v) is 1.99. The smallest absolute Gasteiger partial charge is 0.250 e. The zero-order chi connectivity index (χ0) is 14.7. The zero-order valence-corrected chi connectivity index (χ0v) is 11.6. The Bertz CT molecular complexity index is 636. The topological polar surface area (TPSA) is 78.3 Å². The maximum absolute atomic E-state index is 11.3. The van der Waals surface area contributed by atoms with Gasteiger partial charge in [0.15, 0.2) is 0 Å². The first-order valence-electron chi connectivity index (χ1n) is 6.45. The number of carbonyl (C=O) groups excluding carboxylic acids is 1. The van der Waals surface area contributed by atoms with Crippen LogP contribution in [0.4, 0.5) is 5.69 Å². The van der Waals surface area contributed by atoms with E-state index in [2.05, 4.69) is 13.8 Å². The molecule has 4 nitrogen and oxygen atoms in total. The van der Waals surface area contributed by atoms with Gasteiger partial charge in [-0.15, -0.1) is 0 Å². The normalized spacial score (nSPS) is 10.6. The Hall–Kier alpha value is -2.49. The summed E-state index contributed by atoms with van der Waals surface area (Å²) in [5, 5.41) is 0. The molecular formula is C16H18N2O2. The summed E-state index contributed by atoms with van der Waals surface area (Å²) in [6.07, 6.45) is 0. The van der Waals surface area contributed by atoms with Gasteiger partial charge in [-0.05, 0) is 35.7 Å². The van der Waals surface area contributed by atoms with Crippen molar-refractivity contribution in [2.45, 2.75) is 19.8 Å². The molecule has 4 N–H and O–H groups in total. The highest BCUT2D eigenvalue weighted by Crippen LogP contribution is 2.31. The third-order valence-electron chi connectivity index (χ3n) is 3.06. The van der Waals surface area contributed by atoms with Crippen LogP contribution in [0.1, 0.15) is 35.7 Å². The molecule has 2 aromatic carbocycles. The highest BCUT2D eigenvalue weighted by Gasteiger charge is 2.11. The van der Waals surface area contributed by atoms with Crippen LogP contribution >= 0.6 is 0 Å². The van der Waals surface area contributed by atoms with E-state index in [-0.39, 0.29) is 5.56 Å². The maximum Gasteiger partial charge on any atom is 0.250 e. The lowest BCUT2D eigenvalue weighted by Crippen LogP contribution is -2.13. The third kappa shape index (κ3) is 2.91. The van der Waals surface area contributed by atoms with Crippen molar-refractivity contribution in [2.24, 2.45) is 5.73 Å². The number of ether oxygens (including phenoxy) is 1. The number of hydrogen-bond acceptors (Lipinski definition) is 3. The van der Waals surface area contributed by atoms with Crippen LogP contribution in [-0.4, -0.2) is 5.91 Å². The molecule has 0 atom stereocenters. The minimum atomic E-state index is -0.565. The zero-order valence-electron chi connectivity index (χ0n) is 11.6. The number of nitrogen functional groups attached to an aromatic ring is 1. The number of amides is 1. The van der Waals surface area contributed by atoms with Crippen molar-refractivity contribution in [3.05, 3.63) is 53.6 Å². The molecule has 0 unspecified atom stereocenters. The molecule has 0 aliphatic rings. The number of rotatable bonds is 4. The van der Waals surface area contributed by atoms with Crippen LogP contribution in [0.3, 0.4) is 0 Å². The Morgan fingerprint density at radius 1 is 1.15 bits per heavy atom. The molecule has 20 heavy (non-hydrogen) atoms. The van der Waals surface area contributed by atoms with E-state index in [0.717, 1.165) is 11.3 Å². The summed E-state index contributed by atoms with van der Waals surface area (Å²) < 4.78 is 5.85. The van der Waals surface area contributed by atoms with Gasteiger partial charge in [0.2, 0.25) is 0 Å². The van der Waals surface area contributed by atoms with Crippen molar-refractivity contribution < 1.29 is 9.53 Å². The third-order valence-corrected chi connectivity index (χ3v) is 3.06. The fraction of sp³-hybridized carbons (Fsp3) is 0.188. The minimum Gasteiger partial charge on any atom is -0.457 e. The first kappa shape index (κ1) is 13.9. The summed E-state index contributed by atoms with van der Waals surface area (Å²) in [5.41, 5.74) is 12.7. The lowest BCUT2D eigenvalue weighted by Gasteiger charge is -2.14. The number of benzene rings is 2. The van der Waals surface area contributed by atoms with Gasteiger partial charge < -0.3 is 16.2 Å². The quantitative estimate of drug-likeness (QED) is 0.837. The van der Waals surface area contributed by atoms with E-state index in [1.54, 1.807) is 18.2 Å². The first-order valence-corrected chi connectivity index (χ1v) is 6.45. The van der Waals surface area contributed by atoms with Crippen LogP contribution in [0.5, 0.6) is 11.5 Å². The molecule has 0 radical (unpaired) electrons. The summed E-state index contributed by atoms with van der Waals surface area (Å²) >= 11 is 0. The average molecular weight is 270 g/mol. The number of nitrogens with two attached hydrogens (primary N) is 2. The average Bonchev–Trinajstić information content (AvgIpc) is 2.41. The van der Waals surface area contributed by atoms with Gasteiger partial charge >= 0.3 is 0 Å². The van der Waals surface area contributed by atoms with Crippen molar-refractivity contribution in [1.29, 1.82) is 0 Å². The first-order chi connectivity index (χ1) is 9.49. The second kappa shape index (κ2) is 5.65. The predicted octanol–water partition coefficient (Wildman–Crippen LogP) is 3.28. The summed E-state index contributed by atoms with van der Waals surface area (Å²) in [6.45, 7) is 4.19. The van der Waals surface area contributed by atoms with Gasteiger partial charge in [-0.2, -0.15) is 0 Å². The van der Waals surface area contributed by atoms with Gasteiger partial charge in [0, 0.05) is 5.69 Å². The molecule has 0 fully saturated rings. The van der Waals surface area contributed by atoms with Crippen molar-refractivity contribution in [2.75, 3.05) is 5.73 Å². The number of carbonyl (C=O) groups is 1. The van der Waals surface area contributed by atoms with E-state index < -0.39 is 5.91 Å². The van der Waals surface area contributed by atoms with Crippen molar-refractivity contribution in [3.8, 4) is 11.5 Å². The summed E-state index contributed by atoms with van der Waals surface area (Å²) in [5.74, 6) is 1.09. The van der Waals surface area contributed by atoms with E-state index >= 15 is 0 Å². The Balaban J connectivity index is 2.36. The van der Waals surface area contributed by atoms with E-state index in [9.17, 15) is 4.79 Å². The van der Waals surface area contributed by atoms with Crippen LogP contribution in [0.2, 0.25) is 0 Å². The number of primary amides is 1. The van der Waals surface area contributed by atoms with Gasteiger partial charge in [0.25, 0.3) is 5.91 Å². The van der Waals surface area contributed by atoms with Crippen LogP contribution in [0, 0.1) is 0 Å².